The summed E-state index contributed by atoms with van der Waals surface area (Å²) < 4.78 is 0. The van der Waals surface area contributed by atoms with Crippen LogP contribution >= 0.6 is 0 Å². The van der Waals surface area contributed by atoms with Crippen molar-refractivity contribution in [2.75, 3.05) is 13.1 Å². The van der Waals surface area contributed by atoms with E-state index in [2.05, 4.69) is 13.8 Å². The second-order valence-electron chi connectivity index (χ2n) is 5.40. The van der Waals surface area contributed by atoms with Crippen LogP contribution in [0.2, 0.25) is 0 Å². The number of carboxylic acid groups (broad SMARTS) is 1. The van der Waals surface area contributed by atoms with Crippen LogP contribution in [0.25, 0.3) is 0 Å². The minimum Gasteiger partial charge on any atom is -0.481 e. The molecule has 0 bridgehead atoms. The molecule has 98 valence electrons. The van der Waals surface area contributed by atoms with Crippen LogP contribution in [0.4, 0.5) is 0 Å². The minimum absolute atomic E-state index is 0.0611. The van der Waals surface area contributed by atoms with Crippen LogP contribution < -0.4 is 0 Å². The van der Waals surface area contributed by atoms with Gasteiger partial charge < -0.3 is 10.0 Å². The highest BCUT2D eigenvalue weighted by Crippen LogP contribution is 2.23. The van der Waals surface area contributed by atoms with E-state index in [1.54, 1.807) is 0 Å². The number of aliphatic carboxylic acids is 1. The van der Waals surface area contributed by atoms with Gasteiger partial charge in [-0.3, -0.25) is 9.59 Å². The van der Waals surface area contributed by atoms with Gasteiger partial charge in [-0.1, -0.05) is 20.8 Å². The van der Waals surface area contributed by atoms with Crippen molar-refractivity contribution in [3.63, 3.8) is 0 Å². The first kappa shape index (κ1) is 14.0. The summed E-state index contributed by atoms with van der Waals surface area (Å²) in [5.74, 6) is 0.148. The molecular weight excluding hydrogens is 218 g/mol. The number of hydrogen-bond acceptors (Lipinski definition) is 2. The van der Waals surface area contributed by atoms with Gasteiger partial charge in [0.2, 0.25) is 5.91 Å². The molecule has 1 rings (SSSR count). The van der Waals surface area contributed by atoms with E-state index >= 15 is 0 Å². The molecule has 0 spiro atoms. The van der Waals surface area contributed by atoms with Crippen LogP contribution in [-0.2, 0) is 9.59 Å². The van der Waals surface area contributed by atoms with Gasteiger partial charge in [-0.25, -0.2) is 0 Å². The highest BCUT2D eigenvalue weighted by atomic mass is 16.4. The van der Waals surface area contributed by atoms with Crippen molar-refractivity contribution < 1.29 is 14.7 Å². The Morgan fingerprint density at radius 1 is 1.24 bits per heavy atom. The highest BCUT2D eigenvalue weighted by Gasteiger charge is 2.27. The molecule has 0 aromatic rings. The van der Waals surface area contributed by atoms with Crippen LogP contribution in [0, 0.1) is 17.8 Å². The van der Waals surface area contributed by atoms with E-state index in [0.29, 0.717) is 19.0 Å². The van der Waals surface area contributed by atoms with Crippen molar-refractivity contribution in [3.05, 3.63) is 0 Å². The number of carbonyl (C=O) groups excluding carboxylic acids is 1. The molecule has 1 N–H and O–H groups in total. The lowest BCUT2D eigenvalue weighted by molar-refractivity contribution is -0.139. The summed E-state index contributed by atoms with van der Waals surface area (Å²) in [6.07, 6.45) is 1.88. The Balaban J connectivity index is 2.41. The largest absolute Gasteiger partial charge is 0.481 e. The zero-order valence-electron chi connectivity index (χ0n) is 11.0. The number of carboxylic acids is 1. The van der Waals surface area contributed by atoms with Crippen molar-refractivity contribution >= 4 is 11.9 Å². The first-order chi connectivity index (χ1) is 7.91. The molecule has 1 saturated heterocycles. The highest BCUT2D eigenvalue weighted by molar-refractivity contribution is 5.78. The Bertz CT molecular complexity index is 280. The topological polar surface area (TPSA) is 57.6 Å². The zero-order valence-corrected chi connectivity index (χ0v) is 11.0. The zero-order chi connectivity index (χ0) is 13.0. The normalized spacial score (nSPS) is 19.4. The third-order valence-electron chi connectivity index (χ3n) is 3.78. The molecule has 17 heavy (non-hydrogen) atoms. The van der Waals surface area contributed by atoms with Gasteiger partial charge in [0.05, 0.1) is 0 Å². The molecule has 0 aliphatic carbocycles. The monoisotopic (exact) mass is 241 g/mol. The average molecular weight is 241 g/mol. The van der Waals surface area contributed by atoms with Gasteiger partial charge in [0.15, 0.2) is 0 Å². The lowest BCUT2D eigenvalue weighted by Gasteiger charge is -2.33. The van der Waals surface area contributed by atoms with Crippen LogP contribution in [-0.4, -0.2) is 35.0 Å². The lowest BCUT2D eigenvalue weighted by atomic mass is 9.91. The van der Waals surface area contributed by atoms with Crippen molar-refractivity contribution in [3.8, 4) is 0 Å². The molecule has 1 heterocycles. The first-order valence-corrected chi connectivity index (χ1v) is 6.42. The van der Waals surface area contributed by atoms with Gasteiger partial charge >= 0.3 is 5.97 Å². The smallest absolute Gasteiger partial charge is 0.303 e. The Morgan fingerprint density at radius 3 is 2.18 bits per heavy atom. The molecule has 1 fully saturated rings. The molecule has 0 saturated carbocycles. The van der Waals surface area contributed by atoms with E-state index in [0.717, 1.165) is 12.8 Å². The molecule has 4 heteroatoms. The molecule has 4 nitrogen and oxygen atoms in total. The van der Waals surface area contributed by atoms with E-state index in [9.17, 15) is 9.59 Å². The van der Waals surface area contributed by atoms with E-state index in [1.807, 2.05) is 11.8 Å². The van der Waals surface area contributed by atoms with Crippen LogP contribution in [0.1, 0.15) is 40.0 Å². The average Bonchev–Trinajstić information content (AvgIpc) is 2.27. The molecule has 0 aromatic heterocycles. The number of nitrogens with zero attached hydrogens (tertiary/aromatic N) is 1. The fraction of sp³-hybridized carbons (Fsp3) is 0.846. The number of piperidine rings is 1. The predicted molar refractivity (Wildman–Crippen MR) is 65.6 cm³/mol. The Morgan fingerprint density at radius 2 is 1.76 bits per heavy atom. The maximum Gasteiger partial charge on any atom is 0.303 e. The summed E-state index contributed by atoms with van der Waals surface area (Å²) in [6.45, 7) is 7.51. The second-order valence-corrected chi connectivity index (χ2v) is 5.40. The summed E-state index contributed by atoms with van der Waals surface area (Å²) in [5, 5.41) is 8.72. The predicted octanol–water partition coefficient (Wildman–Crippen LogP) is 1.99. The second kappa shape index (κ2) is 6.03. The summed E-state index contributed by atoms with van der Waals surface area (Å²) in [6, 6.07) is 0. The summed E-state index contributed by atoms with van der Waals surface area (Å²) >= 11 is 0. The Kier molecular flexibility index (Phi) is 4.97. The molecule has 1 atom stereocenters. The molecule has 0 aromatic carbocycles. The molecule has 1 unspecified atom stereocenters. The van der Waals surface area contributed by atoms with Crippen LogP contribution in [0.3, 0.4) is 0 Å². The molecule has 0 radical (unpaired) electrons. The number of rotatable bonds is 4. The van der Waals surface area contributed by atoms with E-state index in [1.165, 1.54) is 0 Å². The van der Waals surface area contributed by atoms with Gasteiger partial charge in [0.1, 0.15) is 0 Å². The minimum atomic E-state index is -0.731. The standard InChI is InChI=1S/C13H23NO3/c1-9(2)10(3)13(17)14-6-4-11(5-7-14)8-12(15)16/h9-11H,4-8H2,1-3H3,(H,15,16). The van der Waals surface area contributed by atoms with Gasteiger partial charge in [0.25, 0.3) is 0 Å². The Labute approximate surface area is 103 Å². The Hall–Kier alpha value is -1.06. The van der Waals surface area contributed by atoms with Gasteiger partial charge in [-0.05, 0) is 24.7 Å². The maximum atomic E-state index is 12.1. The van der Waals surface area contributed by atoms with Crippen molar-refractivity contribution in [1.29, 1.82) is 0 Å². The molecule has 1 aliphatic rings. The van der Waals surface area contributed by atoms with Crippen molar-refractivity contribution in [1.82, 2.24) is 4.90 Å². The summed E-state index contributed by atoms with van der Waals surface area (Å²) in [5.41, 5.74) is 0. The lowest BCUT2D eigenvalue weighted by Crippen LogP contribution is -2.42. The summed E-state index contributed by atoms with van der Waals surface area (Å²) in [4.78, 5) is 24.6. The number of likely N-dealkylation sites (tertiary alicyclic amines) is 1. The maximum absolute atomic E-state index is 12.1. The van der Waals surface area contributed by atoms with Gasteiger partial charge in [0, 0.05) is 25.4 Å². The molecule has 1 aliphatic heterocycles. The third kappa shape index (κ3) is 4.02. The van der Waals surface area contributed by atoms with E-state index in [-0.39, 0.29) is 24.2 Å². The molecular formula is C13H23NO3. The van der Waals surface area contributed by atoms with Crippen molar-refractivity contribution in [2.45, 2.75) is 40.0 Å². The summed E-state index contributed by atoms with van der Waals surface area (Å²) in [7, 11) is 0. The van der Waals surface area contributed by atoms with E-state index in [4.69, 9.17) is 5.11 Å². The number of hydrogen-bond donors (Lipinski definition) is 1. The van der Waals surface area contributed by atoms with E-state index < -0.39 is 5.97 Å². The fourth-order valence-corrected chi connectivity index (χ4v) is 2.18. The van der Waals surface area contributed by atoms with Crippen LogP contribution in [0.5, 0.6) is 0 Å². The molecule has 1 amide bonds. The van der Waals surface area contributed by atoms with Crippen molar-refractivity contribution in [2.24, 2.45) is 17.8 Å². The SMILES string of the molecule is CC(C)C(C)C(=O)N1CCC(CC(=O)O)CC1. The number of carbonyl (C=O) groups is 2. The van der Waals surface area contributed by atoms with Crippen LogP contribution in [0.15, 0.2) is 0 Å². The number of amides is 1. The van der Waals surface area contributed by atoms with Gasteiger partial charge in [-0.15, -0.1) is 0 Å². The third-order valence-corrected chi connectivity index (χ3v) is 3.78. The first-order valence-electron chi connectivity index (χ1n) is 6.42. The van der Waals surface area contributed by atoms with Gasteiger partial charge in [-0.2, -0.15) is 0 Å². The fourth-order valence-electron chi connectivity index (χ4n) is 2.18. The quantitative estimate of drug-likeness (QED) is 0.819.